The van der Waals surface area contributed by atoms with Crippen LogP contribution in [0.5, 0.6) is 0 Å². The van der Waals surface area contributed by atoms with Crippen molar-refractivity contribution in [2.75, 3.05) is 6.61 Å². The number of unbranched alkanes of at least 4 members (excludes halogenated alkanes) is 2. The van der Waals surface area contributed by atoms with Gasteiger partial charge < -0.3 is 4.74 Å². The summed E-state index contributed by atoms with van der Waals surface area (Å²) in [4.78, 5) is 17.9. The first-order chi connectivity index (χ1) is 13.0. The lowest BCUT2D eigenvalue weighted by molar-refractivity contribution is 0.0499. The van der Waals surface area contributed by atoms with E-state index < -0.39 is 0 Å². The minimum Gasteiger partial charge on any atom is -0.462 e. The molecule has 0 fully saturated rings. The van der Waals surface area contributed by atoms with Crippen molar-refractivity contribution in [1.29, 1.82) is 0 Å². The van der Waals surface area contributed by atoms with E-state index in [9.17, 15) is 4.79 Å². The number of aryl methyl sites for hydroxylation is 2. The first-order valence-corrected chi connectivity index (χ1v) is 9.67. The van der Waals surface area contributed by atoms with Crippen LogP contribution in [0.4, 0.5) is 0 Å². The SMILES string of the molecule is CCCCCOC(=O)c1c(C)c(-c2ccccc2)nc2c(C)cc(C)cc12. The molecule has 0 unspecified atom stereocenters. The second kappa shape index (κ2) is 8.34. The minimum absolute atomic E-state index is 0.252. The molecule has 0 saturated heterocycles. The van der Waals surface area contributed by atoms with Gasteiger partial charge >= 0.3 is 5.97 Å². The molecule has 1 aromatic heterocycles. The molecule has 0 saturated carbocycles. The number of fused-ring (bicyclic) bond motifs is 1. The highest BCUT2D eigenvalue weighted by atomic mass is 16.5. The highest BCUT2D eigenvalue weighted by Gasteiger charge is 2.21. The van der Waals surface area contributed by atoms with Gasteiger partial charge in [-0.2, -0.15) is 0 Å². The summed E-state index contributed by atoms with van der Waals surface area (Å²) in [6, 6.07) is 14.2. The zero-order valence-corrected chi connectivity index (χ0v) is 16.6. The summed E-state index contributed by atoms with van der Waals surface area (Å²) in [6.07, 6.45) is 3.07. The van der Waals surface area contributed by atoms with E-state index in [1.54, 1.807) is 0 Å². The van der Waals surface area contributed by atoms with Crippen LogP contribution in [0.1, 0.15) is 53.2 Å². The number of hydrogen-bond acceptors (Lipinski definition) is 3. The van der Waals surface area contributed by atoms with Crippen LogP contribution in [0.15, 0.2) is 42.5 Å². The van der Waals surface area contributed by atoms with Crippen molar-refractivity contribution in [3.63, 3.8) is 0 Å². The fourth-order valence-electron chi connectivity index (χ4n) is 3.54. The van der Waals surface area contributed by atoms with Crippen molar-refractivity contribution in [3.8, 4) is 11.3 Å². The van der Waals surface area contributed by atoms with Gasteiger partial charge in [-0.3, -0.25) is 0 Å². The van der Waals surface area contributed by atoms with Crippen LogP contribution in [0.3, 0.4) is 0 Å². The molecule has 0 N–H and O–H groups in total. The maximum absolute atomic E-state index is 13.0. The number of carbonyl (C=O) groups is 1. The van der Waals surface area contributed by atoms with E-state index in [4.69, 9.17) is 9.72 Å². The van der Waals surface area contributed by atoms with Gasteiger partial charge in [0, 0.05) is 10.9 Å². The van der Waals surface area contributed by atoms with Gasteiger partial charge in [0.1, 0.15) is 0 Å². The van der Waals surface area contributed by atoms with E-state index >= 15 is 0 Å². The van der Waals surface area contributed by atoms with E-state index in [0.717, 1.165) is 58.1 Å². The molecule has 0 aliphatic carbocycles. The molecular formula is C24H27NO2. The summed E-state index contributed by atoms with van der Waals surface area (Å²) in [6.45, 7) is 8.66. The summed E-state index contributed by atoms with van der Waals surface area (Å²) >= 11 is 0. The molecule has 0 radical (unpaired) electrons. The van der Waals surface area contributed by atoms with Gasteiger partial charge in [-0.1, -0.05) is 61.7 Å². The zero-order valence-electron chi connectivity index (χ0n) is 16.6. The standard InChI is InChI=1S/C24H27NO2/c1-5-6-10-13-27-24(26)21-18(4)23(19-11-8-7-9-12-19)25-22-17(3)14-16(2)15-20(21)22/h7-9,11-12,14-15H,5-6,10,13H2,1-4H3. The molecule has 140 valence electrons. The van der Waals surface area contributed by atoms with Gasteiger partial charge in [0.2, 0.25) is 0 Å². The summed E-state index contributed by atoms with van der Waals surface area (Å²) in [7, 11) is 0. The number of esters is 1. The van der Waals surface area contributed by atoms with Crippen LogP contribution < -0.4 is 0 Å². The summed E-state index contributed by atoms with van der Waals surface area (Å²) in [5.41, 5.74) is 6.43. The van der Waals surface area contributed by atoms with Crippen molar-refractivity contribution in [2.45, 2.75) is 47.0 Å². The highest BCUT2D eigenvalue weighted by molar-refractivity contribution is 6.07. The van der Waals surface area contributed by atoms with Crippen molar-refractivity contribution in [2.24, 2.45) is 0 Å². The third kappa shape index (κ3) is 4.02. The number of rotatable bonds is 6. The lowest BCUT2D eigenvalue weighted by atomic mass is 9.95. The van der Waals surface area contributed by atoms with Crippen molar-refractivity contribution in [1.82, 2.24) is 4.98 Å². The second-order valence-corrected chi connectivity index (χ2v) is 7.15. The van der Waals surface area contributed by atoms with Crippen LogP contribution in [-0.4, -0.2) is 17.6 Å². The predicted molar refractivity (Wildman–Crippen MR) is 111 cm³/mol. The van der Waals surface area contributed by atoms with Crippen molar-refractivity contribution >= 4 is 16.9 Å². The van der Waals surface area contributed by atoms with Gasteiger partial charge in [0.15, 0.2) is 0 Å². The Morgan fingerprint density at radius 2 is 1.78 bits per heavy atom. The number of benzene rings is 2. The zero-order chi connectivity index (χ0) is 19.4. The first kappa shape index (κ1) is 19.1. The third-order valence-electron chi connectivity index (χ3n) is 4.90. The molecule has 2 aromatic carbocycles. The number of ether oxygens (including phenoxy) is 1. The number of pyridine rings is 1. The molecule has 0 spiro atoms. The third-order valence-corrected chi connectivity index (χ3v) is 4.90. The van der Waals surface area contributed by atoms with E-state index in [1.807, 2.05) is 57.2 Å². The predicted octanol–water partition coefficient (Wildman–Crippen LogP) is 6.17. The molecule has 0 aliphatic heterocycles. The Bertz CT molecular complexity index is 961. The molecular weight excluding hydrogens is 334 g/mol. The summed E-state index contributed by atoms with van der Waals surface area (Å²) in [5, 5.41) is 0.880. The molecule has 0 atom stereocenters. The maximum atomic E-state index is 13.0. The van der Waals surface area contributed by atoms with Gasteiger partial charge in [-0.25, -0.2) is 9.78 Å². The lowest BCUT2D eigenvalue weighted by Crippen LogP contribution is -2.11. The van der Waals surface area contributed by atoms with Gasteiger partial charge in [-0.05, 0) is 44.4 Å². The van der Waals surface area contributed by atoms with E-state index in [-0.39, 0.29) is 5.97 Å². The van der Waals surface area contributed by atoms with Crippen LogP contribution in [-0.2, 0) is 4.74 Å². The maximum Gasteiger partial charge on any atom is 0.339 e. The highest BCUT2D eigenvalue weighted by Crippen LogP contribution is 2.32. The van der Waals surface area contributed by atoms with Gasteiger partial charge in [0.25, 0.3) is 0 Å². The number of carbonyl (C=O) groups excluding carboxylic acids is 1. The Hall–Kier alpha value is -2.68. The fraction of sp³-hybridized carbons (Fsp3) is 0.333. The van der Waals surface area contributed by atoms with E-state index in [0.29, 0.717) is 12.2 Å². The largest absolute Gasteiger partial charge is 0.462 e. The van der Waals surface area contributed by atoms with Crippen LogP contribution >= 0.6 is 0 Å². The summed E-state index contributed by atoms with van der Waals surface area (Å²) in [5.74, 6) is -0.252. The number of nitrogens with zero attached hydrogens (tertiary/aromatic N) is 1. The van der Waals surface area contributed by atoms with E-state index in [1.165, 1.54) is 0 Å². The Balaban J connectivity index is 2.17. The van der Waals surface area contributed by atoms with Gasteiger partial charge in [-0.15, -0.1) is 0 Å². The normalized spacial score (nSPS) is 11.0. The average molecular weight is 361 g/mol. The van der Waals surface area contributed by atoms with Crippen molar-refractivity contribution < 1.29 is 9.53 Å². The molecule has 3 rings (SSSR count). The molecule has 27 heavy (non-hydrogen) atoms. The topological polar surface area (TPSA) is 39.2 Å². The molecule has 3 heteroatoms. The van der Waals surface area contributed by atoms with Crippen LogP contribution in [0.2, 0.25) is 0 Å². The van der Waals surface area contributed by atoms with Gasteiger partial charge in [0.05, 0.1) is 23.4 Å². The fourth-order valence-corrected chi connectivity index (χ4v) is 3.54. The Kier molecular flexibility index (Phi) is 5.90. The molecule has 3 nitrogen and oxygen atoms in total. The number of aromatic nitrogens is 1. The Labute approximate surface area is 161 Å². The molecule has 1 heterocycles. The van der Waals surface area contributed by atoms with E-state index in [2.05, 4.69) is 13.0 Å². The van der Waals surface area contributed by atoms with Crippen molar-refractivity contribution in [3.05, 3.63) is 64.7 Å². The average Bonchev–Trinajstić information content (AvgIpc) is 2.65. The monoisotopic (exact) mass is 361 g/mol. The Morgan fingerprint density at radius 3 is 2.48 bits per heavy atom. The second-order valence-electron chi connectivity index (χ2n) is 7.15. The molecule has 0 amide bonds. The lowest BCUT2D eigenvalue weighted by Gasteiger charge is -2.16. The Morgan fingerprint density at radius 1 is 1.04 bits per heavy atom. The quantitative estimate of drug-likeness (QED) is 0.389. The van der Waals surface area contributed by atoms with Crippen LogP contribution in [0.25, 0.3) is 22.2 Å². The molecule has 0 bridgehead atoms. The minimum atomic E-state index is -0.252. The van der Waals surface area contributed by atoms with Crippen LogP contribution in [0, 0.1) is 20.8 Å². The molecule has 0 aliphatic rings. The number of hydrogen-bond donors (Lipinski definition) is 0. The smallest absolute Gasteiger partial charge is 0.339 e. The first-order valence-electron chi connectivity index (χ1n) is 9.67. The summed E-state index contributed by atoms with van der Waals surface area (Å²) < 4.78 is 5.62. The molecule has 3 aromatic rings.